The Morgan fingerprint density at radius 2 is 1.83 bits per heavy atom. The number of carbonyl (C=O) groups is 1. The van der Waals surface area contributed by atoms with Gasteiger partial charge < -0.3 is 10.1 Å². The number of methoxy groups -OCH3 is 1. The normalized spacial score (nSPS) is 10.5. The molecule has 0 spiro atoms. The monoisotopic (exact) mass is 330 g/mol. The van der Waals surface area contributed by atoms with E-state index in [1.165, 1.54) is 17.3 Å². The second kappa shape index (κ2) is 6.45. The number of hydrogen-bond donors (Lipinski definition) is 1. The van der Waals surface area contributed by atoms with Gasteiger partial charge in [-0.15, -0.1) is 0 Å². The van der Waals surface area contributed by atoms with E-state index < -0.39 is 23.3 Å². The number of amides is 1. The average Bonchev–Trinajstić information content (AvgIpc) is 3.09. The maximum atomic E-state index is 13.6. The van der Waals surface area contributed by atoms with Gasteiger partial charge in [-0.05, 0) is 24.3 Å². The van der Waals surface area contributed by atoms with Crippen molar-refractivity contribution >= 4 is 11.6 Å². The predicted molar refractivity (Wildman–Crippen MR) is 82.2 cm³/mol. The van der Waals surface area contributed by atoms with Crippen molar-refractivity contribution in [3.05, 3.63) is 66.3 Å². The van der Waals surface area contributed by atoms with E-state index in [1.807, 2.05) is 0 Å². The van der Waals surface area contributed by atoms with Gasteiger partial charge in [-0.2, -0.15) is 5.10 Å². The Morgan fingerprint density at radius 3 is 2.38 bits per heavy atom. The fourth-order valence-electron chi connectivity index (χ4n) is 2.14. The Hall–Kier alpha value is -3.29. The Morgan fingerprint density at radius 1 is 1.17 bits per heavy atom. The van der Waals surface area contributed by atoms with Gasteiger partial charge in [0.1, 0.15) is 12.7 Å². The molecule has 0 saturated carbocycles. The van der Waals surface area contributed by atoms with Crippen LogP contribution in [0.4, 0.5) is 14.5 Å². The average molecular weight is 330 g/mol. The number of ether oxygens (including phenoxy) is 1. The summed E-state index contributed by atoms with van der Waals surface area (Å²) in [5.74, 6) is -2.78. The molecule has 8 heteroatoms. The molecule has 0 aliphatic carbocycles. The summed E-state index contributed by atoms with van der Waals surface area (Å²) in [4.78, 5) is 16.0. The van der Waals surface area contributed by atoms with E-state index in [-0.39, 0.29) is 5.69 Å². The molecule has 6 nitrogen and oxygen atoms in total. The number of aromatic nitrogens is 3. The molecule has 1 N–H and O–H groups in total. The van der Waals surface area contributed by atoms with Crippen molar-refractivity contribution < 1.29 is 18.3 Å². The molecule has 122 valence electrons. The highest BCUT2D eigenvalue weighted by atomic mass is 19.1. The molecule has 0 aliphatic heterocycles. The largest absolute Gasteiger partial charge is 0.491 e. The zero-order valence-electron chi connectivity index (χ0n) is 12.5. The Bertz CT molecular complexity index is 841. The molecule has 2 aromatic carbocycles. The van der Waals surface area contributed by atoms with Crippen LogP contribution in [0.15, 0.2) is 49.1 Å². The summed E-state index contributed by atoms with van der Waals surface area (Å²) in [7, 11) is 1.16. The molecule has 0 bridgehead atoms. The molecule has 0 unspecified atom stereocenters. The SMILES string of the molecule is COc1c(F)cc(NC(=O)c2ccc(-n3cncn3)cc2)cc1F. The summed E-state index contributed by atoms with van der Waals surface area (Å²) in [5, 5.41) is 6.41. The minimum atomic E-state index is -0.894. The van der Waals surface area contributed by atoms with Crippen LogP contribution in [0.3, 0.4) is 0 Å². The van der Waals surface area contributed by atoms with Gasteiger partial charge in [-0.25, -0.2) is 18.4 Å². The molecule has 3 aromatic rings. The van der Waals surface area contributed by atoms with Gasteiger partial charge in [0.05, 0.1) is 12.8 Å². The van der Waals surface area contributed by atoms with Gasteiger partial charge in [-0.1, -0.05) is 0 Å². The first-order chi connectivity index (χ1) is 11.6. The van der Waals surface area contributed by atoms with E-state index in [0.29, 0.717) is 5.56 Å². The van der Waals surface area contributed by atoms with Crippen LogP contribution in [0.2, 0.25) is 0 Å². The lowest BCUT2D eigenvalue weighted by Crippen LogP contribution is -2.12. The van der Waals surface area contributed by atoms with E-state index in [9.17, 15) is 13.6 Å². The standard InChI is InChI=1S/C16H12F2N4O2/c1-24-15-13(17)6-11(7-14(15)18)21-16(23)10-2-4-12(5-3-10)22-9-19-8-20-22/h2-9H,1H3,(H,21,23). The van der Waals surface area contributed by atoms with E-state index in [4.69, 9.17) is 0 Å². The van der Waals surface area contributed by atoms with Gasteiger partial charge in [0.15, 0.2) is 17.4 Å². The van der Waals surface area contributed by atoms with Crippen LogP contribution in [-0.4, -0.2) is 27.8 Å². The third-order valence-electron chi connectivity index (χ3n) is 3.27. The van der Waals surface area contributed by atoms with Gasteiger partial charge in [-0.3, -0.25) is 4.79 Å². The van der Waals surface area contributed by atoms with Crippen molar-refractivity contribution in [1.29, 1.82) is 0 Å². The maximum Gasteiger partial charge on any atom is 0.255 e. The number of hydrogen-bond acceptors (Lipinski definition) is 4. The molecule has 1 aromatic heterocycles. The summed E-state index contributed by atoms with van der Waals surface area (Å²) < 4.78 is 33.4. The minimum Gasteiger partial charge on any atom is -0.491 e. The number of carbonyl (C=O) groups excluding carboxylic acids is 1. The fourth-order valence-corrected chi connectivity index (χ4v) is 2.14. The maximum absolute atomic E-state index is 13.6. The van der Waals surface area contributed by atoms with Crippen LogP contribution in [0.5, 0.6) is 5.75 Å². The Labute approximate surface area is 135 Å². The first kappa shape index (κ1) is 15.6. The molecule has 0 saturated heterocycles. The van der Waals surface area contributed by atoms with Crippen molar-refractivity contribution in [2.45, 2.75) is 0 Å². The molecule has 0 radical (unpaired) electrons. The van der Waals surface area contributed by atoms with Gasteiger partial charge in [0, 0.05) is 23.4 Å². The lowest BCUT2D eigenvalue weighted by Gasteiger charge is -2.09. The highest BCUT2D eigenvalue weighted by Crippen LogP contribution is 2.25. The highest BCUT2D eigenvalue weighted by molar-refractivity contribution is 6.04. The molecule has 0 fully saturated rings. The first-order valence-electron chi connectivity index (χ1n) is 6.88. The van der Waals surface area contributed by atoms with Crippen molar-refractivity contribution in [1.82, 2.24) is 14.8 Å². The summed E-state index contributed by atoms with van der Waals surface area (Å²) in [6.07, 6.45) is 2.92. The minimum absolute atomic E-state index is 0.00356. The number of anilines is 1. The highest BCUT2D eigenvalue weighted by Gasteiger charge is 2.14. The third kappa shape index (κ3) is 3.07. The number of rotatable bonds is 4. The molecule has 24 heavy (non-hydrogen) atoms. The molecular weight excluding hydrogens is 318 g/mol. The van der Waals surface area contributed by atoms with Gasteiger partial charge >= 0.3 is 0 Å². The molecular formula is C16H12F2N4O2. The summed E-state index contributed by atoms with van der Waals surface area (Å²) in [6.45, 7) is 0. The van der Waals surface area contributed by atoms with Crippen molar-refractivity contribution in [3.8, 4) is 11.4 Å². The second-order valence-corrected chi connectivity index (χ2v) is 4.81. The summed E-state index contributed by atoms with van der Waals surface area (Å²) >= 11 is 0. The second-order valence-electron chi connectivity index (χ2n) is 4.81. The van der Waals surface area contributed by atoms with E-state index in [2.05, 4.69) is 20.1 Å². The van der Waals surface area contributed by atoms with Gasteiger partial charge in [0.25, 0.3) is 5.91 Å². The van der Waals surface area contributed by atoms with Gasteiger partial charge in [0.2, 0.25) is 0 Å². The van der Waals surface area contributed by atoms with E-state index in [1.54, 1.807) is 24.3 Å². The number of nitrogens with one attached hydrogen (secondary N) is 1. The third-order valence-corrected chi connectivity index (χ3v) is 3.27. The zero-order valence-corrected chi connectivity index (χ0v) is 12.5. The van der Waals surface area contributed by atoms with Crippen LogP contribution >= 0.6 is 0 Å². The zero-order chi connectivity index (χ0) is 17.1. The van der Waals surface area contributed by atoms with Crippen LogP contribution in [0.25, 0.3) is 5.69 Å². The van der Waals surface area contributed by atoms with Crippen molar-refractivity contribution in [2.75, 3.05) is 12.4 Å². The van der Waals surface area contributed by atoms with E-state index >= 15 is 0 Å². The van der Waals surface area contributed by atoms with Crippen molar-refractivity contribution in [3.63, 3.8) is 0 Å². The summed E-state index contributed by atoms with van der Waals surface area (Å²) in [5.41, 5.74) is 1.05. The van der Waals surface area contributed by atoms with Crippen LogP contribution in [0.1, 0.15) is 10.4 Å². The van der Waals surface area contributed by atoms with Crippen LogP contribution in [0, 0.1) is 11.6 Å². The molecule has 0 atom stereocenters. The first-order valence-corrected chi connectivity index (χ1v) is 6.88. The van der Waals surface area contributed by atoms with Crippen LogP contribution < -0.4 is 10.1 Å². The lowest BCUT2D eigenvalue weighted by atomic mass is 10.2. The van der Waals surface area contributed by atoms with Crippen LogP contribution in [-0.2, 0) is 0 Å². The van der Waals surface area contributed by atoms with E-state index in [0.717, 1.165) is 24.9 Å². The molecule has 0 aliphatic rings. The Kier molecular flexibility index (Phi) is 4.19. The predicted octanol–water partition coefficient (Wildman–Crippen LogP) is 2.81. The fraction of sp³-hybridized carbons (Fsp3) is 0.0625. The molecule has 3 rings (SSSR count). The smallest absolute Gasteiger partial charge is 0.255 e. The number of nitrogens with zero attached hydrogens (tertiary/aromatic N) is 3. The molecule has 1 amide bonds. The quantitative estimate of drug-likeness (QED) is 0.799. The Balaban J connectivity index is 1.78. The number of halogens is 2. The summed E-state index contributed by atoms with van der Waals surface area (Å²) in [6, 6.07) is 8.48. The topological polar surface area (TPSA) is 69.0 Å². The molecule has 1 heterocycles. The number of benzene rings is 2. The van der Waals surface area contributed by atoms with Crippen molar-refractivity contribution in [2.24, 2.45) is 0 Å². The lowest BCUT2D eigenvalue weighted by molar-refractivity contribution is 0.102.